The van der Waals surface area contributed by atoms with Gasteiger partial charge in [-0.2, -0.15) is 0 Å². The van der Waals surface area contributed by atoms with E-state index in [0.717, 1.165) is 19.4 Å². The summed E-state index contributed by atoms with van der Waals surface area (Å²) in [5.41, 5.74) is 0. The third kappa shape index (κ3) is 9.69. The summed E-state index contributed by atoms with van der Waals surface area (Å²) in [6.07, 6.45) is 2.09. The van der Waals surface area contributed by atoms with Crippen LogP contribution in [-0.2, 0) is 4.79 Å². The van der Waals surface area contributed by atoms with E-state index < -0.39 is 0 Å². The van der Waals surface area contributed by atoms with Crippen LogP contribution in [0.4, 0.5) is 0 Å². The minimum absolute atomic E-state index is 0.0774. The number of aliphatic hydroxyl groups is 1. The first-order valence-corrected chi connectivity index (χ1v) is 5.70. The summed E-state index contributed by atoms with van der Waals surface area (Å²) >= 11 is 0. The topological polar surface area (TPSA) is 61.4 Å². The number of aliphatic hydroxyl groups excluding tert-OH is 1. The van der Waals surface area contributed by atoms with Gasteiger partial charge >= 0.3 is 0 Å². The molecule has 0 aromatic rings. The molecule has 1 atom stereocenters. The molecule has 1 unspecified atom stereocenters. The quantitative estimate of drug-likeness (QED) is 0.558. The Morgan fingerprint density at radius 2 is 2.00 bits per heavy atom. The normalized spacial score (nSPS) is 12.9. The standard InChI is InChI=1S/C11H24N2O2/c1-9(2)12-7-6-11(15)13-10(3)5-4-8-14/h9-10,12,14H,4-8H2,1-3H3,(H,13,15). The van der Waals surface area contributed by atoms with Gasteiger partial charge in [0, 0.05) is 31.7 Å². The van der Waals surface area contributed by atoms with Crippen molar-refractivity contribution in [2.75, 3.05) is 13.2 Å². The van der Waals surface area contributed by atoms with Crippen molar-refractivity contribution in [3.05, 3.63) is 0 Å². The zero-order valence-corrected chi connectivity index (χ0v) is 10.0. The van der Waals surface area contributed by atoms with Crippen molar-refractivity contribution in [2.24, 2.45) is 0 Å². The molecule has 4 heteroatoms. The van der Waals surface area contributed by atoms with Gasteiger partial charge in [0.25, 0.3) is 0 Å². The molecule has 90 valence electrons. The molecule has 15 heavy (non-hydrogen) atoms. The summed E-state index contributed by atoms with van der Waals surface area (Å²) in [6, 6.07) is 0.577. The summed E-state index contributed by atoms with van der Waals surface area (Å²) in [5, 5.41) is 14.7. The lowest BCUT2D eigenvalue weighted by molar-refractivity contribution is -0.121. The Morgan fingerprint density at radius 1 is 1.33 bits per heavy atom. The molecular formula is C11H24N2O2. The fourth-order valence-corrected chi connectivity index (χ4v) is 1.29. The van der Waals surface area contributed by atoms with Crippen molar-refractivity contribution in [1.82, 2.24) is 10.6 Å². The molecule has 0 aromatic heterocycles. The van der Waals surface area contributed by atoms with Gasteiger partial charge in [-0.15, -0.1) is 0 Å². The highest BCUT2D eigenvalue weighted by atomic mass is 16.2. The predicted octanol–water partition coefficient (Wildman–Crippen LogP) is 0.652. The van der Waals surface area contributed by atoms with Crippen LogP contribution in [0.3, 0.4) is 0 Å². The largest absolute Gasteiger partial charge is 0.396 e. The van der Waals surface area contributed by atoms with Crippen LogP contribution in [0, 0.1) is 0 Å². The Labute approximate surface area is 92.4 Å². The smallest absolute Gasteiger partial charge is 0.221 e. The van der Waals surface area contributed by atoms with Crippen molar-refractivity contribution in [3.63, 3.8) is 0 Å². The Morgan fingerprint density at radius 3 is 2.53 bits per heavy atom. The highest BCUT2D eigenvalue weighted by Crippen LogP contribution is 1.95. The second kappa shape index (κ2) is 8.68. The van der Waals surface area contributed by atoms with Crippen LogP contribution >= 0.6 is 0 Å². The van der Waals surface area contributed by atoms with Gasteiger partial charge in [0.1, 0.15) is 0 Å². The van der Waals surface area contributed by atoms with Crippen LogP contribution in [0.25, 0.3) is 0 Å². The molecule has 0 aliphatic rings. The van der Waals surface area contributed by atoms with Gasteiger partial charge in [-0.25, -0.2) is 0 Å². The van der Waals surface area contributed by atoms with Gasteiger partial charge in [0.15, 0.2) is 0 Å². The summed E-state index contributed by atoms with van der Waals surface area (Å²) in [5.74, 6) is 0.0774. The highest BCUT2D eigenvalue weighted by Gasteiger charge is 2.06. The summed E-state index contributed by atoms with van der Waals surface area (Å²) < 4.78 is 0. The lowest BCUT2D eigenvalue weighted by Gasteiger charge is -2.13. The van der Waals surface area contributed by atoms with E-state index in [1.165, 1.54) is 0 Å². The summed E-state index contributed by atoms with van der Waals surface area (Å²) in [6.45, 7) is 6.98. The van der Waals surface area contributed by atoms with Gasteiger partial charge in [-0.05, 0) is 19.8 Å². The first kappa shape index (κ1) is 14.4. The van der Waals surface area contributed by atoms with Gasteiger partial charge in [-0.1, -0.05) is 13.8 Å². The average Bonchev–Trinajstić information content (AvgIpc) is 2.14. The maximum Gasteiger partial charge on any atom is 0.221 e. The molecule has 0 bridgehead atoms. The first-order chi connectivity index (χ1) is 7.06. The second-order valence-electron chi connectivity index (χ2n) is 4.19. The lowest BCUT2D eigenvalue weighted by atomic mass is 10.2. The van der Waals surface area contributed by atoms with Crippen molar-refractivity contribution < 1.29 is 9.90 Å². The van der Waals surface area contributed by atoms with Crippen LogP contribution in [0.5, 0.6) is 0 Å². The van der Waals surface area contributed by atoms with E-state index in [2.05, 4.69) is 24.5 Å². The fraction of sp³-hybridized carbons (Fsp3) is 0.909. The second-order valence-corrected chi connectivity index (χ2v) is 4.19. The van der Waals surface area contributed by atoms with E-state index in [1.807, 2.05) is 6.92 Å². The van der Waals surface area contributed by atoms with Gasteiger partial charge < -0.3 is 15.7 Å². The molecule has 0 spiro atoms. The van der Waals surface area contributed by atoms with Crippen LogP contribution < -0.4 is 10.6 Å². The molecular weight excluding hydrogens is 192 g/mol. The number of hydrogen-bond donors (Lipinski definition) is 3. The van der Waals surface area contributed by atoms with Crippen LogP contribution in [0.15, 0.2) is 0 Å². The number of carbonyl (C=O) groups is 1. The van der Waals surface area contributed by atoms with Crippen LogP contribution in [0.1, 0.15) is 40.0 Å². The number of hydrogen-bond acceptors (Lipinski definition) is 3. The average molecular weight is 216 g/mol. The third-order valence-electron chi connectivity index (χ3n) is 2.11. The zero-order chi connectivity index (χ0) is 11.7. The van der Waals surface area contributed by atoms with Crippen molar-refractivity contribution in [1.29, 1.82) is 0 Å². The number of rotatable bonds is 8. The van der Waals surface area contributed by atoms with E-state index in [0.29, 0.717) is 12.5 Å². The minimum Gasteiger partial charge on any atom is -0.396 e. The fourth-order valence-electron chi connectivity index (χ4n) is 1.29. The zero-order valence-electron chi connectivity index (χ0n) is 10.0. The van der Waals surface area contributed by atoms with Gasteiger partial charge in [0.2, 0.25) is 5.91 Å². The number of carbonyl (C=O) groups excluding carboxylic acids is 1. The Balaban J connectivity index is 3.46. The van der Waals surface area contributed by atoms with E-state index >= 15 is 0 Å². The SMILES string of the molecule is CC(C)NCCC(=O)NC(C)CCCO. The van der Waals surface area contributed by atoms with Crippen molar-refractivity contribution in [3.8, 4) is 0 Å². The molecule has 0 rings (SSSR count). The molecule has 0 aliphatic carbocycles. The molecule has 0 saturated heterocycles. The maximum atomic E-state index is 11.4. The van der Waals surface area contributed by atoms with E-state index in [-0.39, 0.29) is 18.6 Å². The summed E-state index contributed by atoms with van der Waals surface area (Å²) in [4.78, 5) is 11.4. The van der Waals surface area contributed by atoms with E-state index in [4.69, 9.17) is 5.11 Å². The molecule has 0 aliphatic heterocycles. The Bertz CT molecular complexity index is 172. The Hall–Kier alpha value is -0.610. The maximum absolute atomic E-state index is 11.4. The predicted molar refractivity (Wildman–Crippen MR) is 61.7 cm³/mol. The molecule has 3 N–H and O–H groups in total. The molecule has 4 nitrogen and oxygen atoms in total. The van der Waals surface area contributed by atoms with Crippen molar-refractivity contribution >= 4 is 5.91 Å². The molecule has 0 saturated carbocycles. The Kier molecular flexibility index (Phi) is 8.33. The number of amides is 1. The lowest BCUT2D eigenvalue weighted by Crippen LogP contribution is -2.35. The molecule has 0 heterocycles. The number of nitrogens with one attached hydrogen (secondary N) is 2. The highest BCUT2D eigenvalue weighted by molar-refractivity contribution is 5.76. The summed E-state index contributed by atoms with van der Waals surface area (Å²) in [7, 11) is 0. The van der Waals surface area contributed by atoms with Gasteiger partial charge in [0.05, 0.1) is 0 Å². The molecule has 0 aromatic carbocycles. The molecule has 0 radical (unpaired) electrons. The van der Waals surface area contributed by atoms with Crippen molar-refractivity contribution in [2.45, 2.75) is 52.1 Å². The monoisotopic (exact) mass is 216 g/mol. The molecule has 1 amide bonds. The first-order valence-electron chi connectivity index (χ1n) is 5.70. The minimum atomic E-state index is 0.0774. The van der Waals surface area contributed by atoms with Crippen LogP contribution in [0.2, 0.25) is 0 Å². The third-order valence-corrected chi connectivity index (χ3v) is 2.11. The molecule has 0 fully saturated rings. The van der Waals surface area contributed by atoms with E-state index in [1.54, 1.807) is 0 Å². The van der Waals surface area contributed by atoms with Gasteiger partial charge in [-0.3, -0.25) is 4.79 Å². The van der Waals surface area contributed by atoms with Crippen LogP contribution in [-0.4, -0.2) is 36.2 Å². The van der Waals surface area contributed by atoms with E-state index in [9.17, 15) is 4.79 Å².